The molecule has 0 radical (unpaired) electrons. The third-order valence-corrected chi connectivity index (χ3v) is 5.31. The van der Waals surface area contributed by atoms with Crippen molar-refractivity contribution in [3.63, 3.8) is 0 Å². The van der Waals surface area contributed by atoms with E-state index in [1.165, 1.54) is 18.9 Å². The minimum atomic E-state index is -0.388. The second-order valence-electron chi connectivity index (χ2n) is 6.93. The molecule has 2 atom stereocenters. The lowest BCUT2D eigenvalue weighted by atomic mass is 9.71. The van der Waals surface area contributed by atoms with E-state index in [1.54, 1.807) is 18.2 Å². The summed E-state index contributed by atoms with van der Waals surface area (Å²) in [5.41, 5.74) is 0.594. The number of carbonyl (C=O) groups is 1. The number of nitrogens with zero attached hydrogens (tertiary/aromatic N) is 1. The first-order valence-corrected chi connectivity index (χ1v) is 8.54. The van der Waals surface area contributed by atoms with Crippen LogP contribution in [0.2, 0.25) is 0 Å². The van der Waals surface area contributed by atoms with Crippen molar-refractivity contribution in [1.82, 2.24) is 4.90 Å². The second kappa shape index (κ2) is 6.83. The standard InChI is InChI=1S/C19H25FN2O/c1-15(18(23)21-17-9-4-3-8-16(17)20)22-13-7-12-19(14-22)10-5-2-6-11-19/h2-5,8-9,15H,6-7,10-14H2,1H3,(H,21,23). The van der Waals surface area contributed by atoms with Gasteiger partial charge < -0.3 is 5.32 Å². The van der Waals surface area contributed by atoms with Crippen LogP contribution in [0.5, 0.6) is 0 Å². The fourth-order valence-electron chi connectivity index (χ4n) is 3.86. The Bertz CT molecular complexity index is 601. The van der Waals surface area contributed by atoms with E-state index in [4.69, 9.17) is 0 Å². The van der Waals surface area contributed by atoms with Crippen molar-refractivity contribution in [2.45, 2.75) is 45.1 Å². The van der Waals surface area contributed by atoms with Crippen LogP contribution in [-0.4, -0.2) is 29.9 Å². The second-order valence-corrected chi connectivity index (χ2v) is 6.93. The molecule has 0 bridgehead atoms. The van der Waals surface area contributed by atoms with Crippen LogP contribution in [-0.2, 0) is 4.79 Å². The van der Waals surface area contributed by atoms with Crippen molar-refractivity contribution >= 4 is 11.6 Å². The zero-order chi connectivity index (χ0) is 16.3. The lowest BCUT2D eigenvalue weighted by molar-refractivity contribution is -0.122. The van der Waals surface area contributed by atoms with Gasteiger partial charge >= 0.3 is 0 Å². The first-order chi connectivity index (χ1) is 11.1. The van der Waals surface area contributed by atoms with Gasteiger partial charge in [-0.05, 0) is 63.1 Å². The van der Waals surface area contributed by atoms with Gasteiger partial charge in [0.15, 0.2) is 0 Å². The molecule has 1 amide bonds. The highest BCUT2D eigenvalue weighted by Crippen LogP contribution is 2.41. The summed E-state index contributed by atoms with van der Waals surface area (Å²) < 4.78 is 13.7. The molecule has 4 heteroatoms. The maximum absolute atomic E-state index is 13.7. The number of halogens is 1. The van der Waals surface area contributed by atoms with Crippen LogP contribution >= 0.6 is 0 Å². The Hall–Kier alpha value is -1.68. The lowest BCUT2D eigenvalue weighted by Gasteiger charge is -2.45. The minimum absolute atomic E-state index is 0.126. The predicted octanol–water partition coefficient (Wildman–Crippen LogP) is 3.98. The molecule has 1 aromatic carbocycles. The molecule has 3 rings (SSSR count). The average molecular weight is 316 g/mol. The van der Waals surface area contributed by atoms with Crippen LogP contribution in [0.15, 0.2) is 36.4 Å². The molecular weight excluding hydrogens is 291 g/mol. The lowest BCUT2D eigenvalue weighted by Crippen LogP contribution is -2.51. The zero-order valence-corrected chi connectivity index (χ0v) is 13.7. The Labute approximate surface area is 137 Å². The van der Waals surface area contributed by atoms with Gasteiger partial charge in [0, 0.05) is 6.54 Å². The van der Waals surface area contributed by atoms with Gasteiger partial charge in [0.2, 0.25) is 5.91 Å². The molecule has 1 aliphatic carbocycles. The van der Waals surface area contributed by atoms with Crippen LogP contribution in [0.1, 0.15) is 39.0 Å². The Balaban J connectivity index is 1.65. The average Bonchev–Trinajstić information content (AvgIpc) is 2.57. The largest absolute Gasteiger partial charge is 0.322 e. The van der Waals surface area contributed by atoms with Gasteiger partial charge in [-0.25, -0.2) is 4.39 Å². The summed E-state index contributed by atoms with van der Waals surface area (Å²) in [6.07, 6.45) is 10.4. The van der Waals surface area contributed by atoms with Crippen LogP contribution in [0.4, 0.5) is 10.1 Å². The van der Waals surface area contributed by atoms with E-state index in [0.29, 0.717) is 5.41 Å². The highest BCUT2D eigenvalue weighted by Gasteiger charge is 2.37. The quantitative estimate of drug-likeness (QED) is 0.856. The first kappa shape index (κ1) is 16.2. The van der Waals surface area contributed by atoms with Crippen molar-refractivity contribution in [2.75, 3.05) is 18.4 Å². The fourth-order valence-corrected chi connectivity index (χ4v) is 3.86. The van der Waals surface area contributed by atoms with Crippen molar-refractivity contribution in [3.05, 3.63) is 42.2 Å². The van der Waals surface area contributed by atoms with E-state index in [9.17, 15) is 9.18 Å². The highest BCUT2D eigenvalue weighted by atomic mass is 19.1. The van der Waals surface area contributed by atoms with E-state index in [0.717, 1.165) is 32.4 Å². The number of anilines is 1. The summed E-state index contributed by atoms with van der Waals surface area (Å²) in [7, 11) is 0. The fraction of sp³-hybridized carbons (Fsp3) is 0.526. The smallest absolute Gasteiger partial charge is 0.241 e. The van der Waals surface area contributed by atoms with Crippen LogP contribution in [0.3, 0.4) is 0 Å². The summed E-state index contributed by atoms with van der Waals surface area (Å²) in [6, 6.07) is 6.08. The minimum Gasteiger partial charge on any atom is -0.322 e. The highest BCUT2D eigenvalue weighted by molar-refractivity contribution is 5.94. The van der Waals surface area contributed by atoms with Crippen molar-refractivity contribution in [3.8, 4) is 0 Å². The summed E-state index contributed by atoms with van der Waals surface area (Å²) in [5.74, 6) is -0.515. The molecule has 3 nitrogen and oxygen atoms in total. The summed E-state index contributed by atoms with van der Waals surface area (Å²) in [4.78, 5) is 14.8. The number of piperidine rings is 1. The third-order valence-electron chi connectivity index (χ3n) is 5.31. The molecule has 2 unspecified atom stereocenters. The van der Waals surface area contributed by atoms with Gasteiger partial charge in [-0.1, -0.05) is 24.3 Å². The maximum Gasteiger partial charge on any atom is 0.241 e. The Morgan fingerprint density at radius 1 is 1.30 bits per heavy atom. The van der Waals surface area contributed by atoms with Gasteiger partial charge in [-0.3, -0.25) is 9.69 Å². The number of allylic oxidation sites excluding steroid dienone is 2. The Morgan fingerprint density at radius 3 is 2.87 bits per heavy atom. The number of hydrogen-bond acceptors (Lipinski definition) is 2. The Kier molecular flexibility index (Phi) is 4.81. The summed E-state index contributed by atoms with van der Waals surface area (Å²) in [6.45, 7) is 3.83. The van der Waals surface area contributed by atoms with Crippen molar-refractivity contribution in [2.24, 2.45) is 5.41 Å². The summed E-state index contributed by atoms with van der Waals surface area (Å²) in [5, 5.41) is 2.73. The molecule has 0 aromatic heterocycles. The molecule has 2 aliphatic rings. The summed E-state index contributed by atoms with van der Waals surface area (Å²) >= 11 is 0. The molecule has 1 fully saturated rings. The molecule has 1 N–H and O–H groups in total. The topological polar surface area (TPSA) is 32.3 Å². The van der Waals surface area contributed by atoms with Gasteiger partial charge in [-0.2, -0.15) is 0 Å². The molecule has 1 aliphatic heterocycles. The number of nitrogens with one attached hydrogen (secondary N) is 1. The van der Waals surface area contributed by atoms with Gasteiger partial charge in [0.1, 0.15) is 5.82 Å². The number of rotatable bonds is 3. The van der Waals surface area contributed by atoms with Crippen LogP contribution < -0.4 is 5.32 Å². The number of para-hydroxylation sites is 1. The number of amides is 1. The zero-order valence-electron chi connectivity index (χ0n) is 13.7. The normalized spacial score (nSPS) is 26.2. The van der Waals surface area contributed by atoms with E-state index >= 15 is 0 Å². The number of hydrogen-bond donors (Lipinski definition) is 1. The van der Waals surface area contributed by atoms with Crippen molar-refractivity contribution < 1.29 is 9.18 Å². The molecule has 1 spiro atoms. The number of benzene rings is 1. The molecule has 0 saturated carbocycles. The maximum atomic E-state index is 13.7. The molecular formula is C19H25FN2O. The molecule has 1 aromatic rings. The monoisotopic (exact) mass is 316 g/mol. The molecule has 1 heterocycles. The van der Waals surface area contributed by atoms with E-state index in [1.807, 2.05) is 6.92 Å². The van der Waals surface area contributed by atoms with Crippen LogP contribution in [0.25, 0.3) is 0 Å². The first-order valence-electron chi connectivity index (χ1n) is 8.54. The number of likely N-dealkylation sites (tertiary alicyclic amines) is 1. The third kappa shape index (κ3) is 3.63. The molecule has 1 saturated heterocycles. The van der Waals surface area contributed by atoms with E-state index in [2.05, 4.69) is 22.4 Å². The SMILES string of the molecule is CC(C(=O)Nc1ccccc1F)N1CCCC2(CC=CCC2)C1. The van der Waals surface area contributed by atoms with E-state index in [-0.39, 0.29) is 23.5 Å². The molecule has 124 valence electrons. The van der Waals surface area contributed by atoms with Gasteiger partial charge in [0.25, 0.3) is 0 Å². The predicted molar refractivity (Wildman–Crippen MR) is 90.7 cm³/mol. The van der Waals surface area contributed by atoms with Gasteiger partial charge in [0.05, 0.1) is 11.7 Å². The number of carbonyl (C=O) groups excluding carboxylic acids is 1. The van der Waals surface area contributed by atoms with E-state index < -0.39 is 0 Å². The van der Waals surface area contributed by atoms with Crippen molar-refractivity contribution in [1.29, 1.82) is 0 Å². The van der Waals surface area contributed by atoms with Gasteiger partial charge in [-0.15, -0.1) is 0 Å². The van der Waals surface area contributed by atoms with Crippen LogP contribution in [0, 0.1) is 11.2 Å². The Morgan fingerprint density at radius 2 is 2.13 bits per heavy atom. The molecule has 23 heavy (non-hydrogen) atoms.